The van der Waals surface area contributed by atoms with Crippen molar-refractivity contribution in [3.63, 3.8) is 0 Å². The number of benzene rings is 7. The van der Waals surface area contributed by atoms with Gasteiger partial charge in [0.25, 0.3) is 0 Å². The van der Waals surface area contributed by atoms with Gasteiger partial charge in [-0.05, 0) is 93.0 Å². The molecule has 1 aliphatic rings. The summed E-state index contributed by atoms with van der Waals surface area (Å²) in [7, 11) is 0. The van der Waals surface area contributed by atoms with Gasteiger partial charge in [-0.3, -0.25) is 0 Å². The van der Waals surface area contributed by atoms with E-state index in [1.54, 1.807) is 0 Å². The molecule has 0 radical (unpaired) electrons. The fourth-order valence-electron chi connectivity index (χ4n) is 7.48. The van der Waals surface area contributed by atoms with Crippen molar-refractivity contribution < 1.29 is 4.42 Å². The lowest BCUT2D eigenvalue weighted by Gasteiger charge is -2.26. The minimum atomic E-state index is -0.0883. The highest BCUT2D eigenvalue weighted by atomic mass is 16.3. The fraction of sp³-hybridized carbons (Fsp3) is 0.0667. The third kappa shape index (κ3) is 4.40. The molecule has 8 aromatic rings. The van der Waals surface area contributed by atoms with Crippen molar-refractivity contribution in [3.8, 4) is 33.4 Å². The minimum absolute atomic E-state index is 0.0883. The van der Waals surface area contributed by atoms with Gasteiger partial charge in [0, 0.05) is 22.2 Å². The monoisotopic (exact) mass is 603 g/mol. The molecule has 1 aromatic heterocycles. The molecule has 0 saturated heterocycles. The van der Waals surface area contributed by atoms with E-state index in [0.29, 0.717) is 0 Å². The number of nitrogens with zero attached hydrogens (tertiary/aromatic N) is 1. The number of anilines is 3. The lowest BCUT2D eigenvalue weighted by molar-refractivity contribution is 0.647. The molecular formula is C45H33NO. The van der Waals surface area contributed by atoms with Gasteiger partial charge in [-0.1, -0.05) is 129 Å². The maximum atomic E-state index is 6.66. The molecule has 9 rings (SSSR count). The summed E-state index contributed by atoms with van der Waals surface area (Å²) in [5.41, 5.74) is 15.1. The average molecular weight is 604 g/mol. The van der Waals surface area contributed by atoms with Crippen molar-refractivity contribution in [3.05, 3.63) is 175 Å². The van der Waals surface area contributed by atoms with E-state index in [0.717, 1.165) is 39.0 Å². The number of rotatable bonds is 5. The van der Waals surface area contributed by atoms with Crippen molar-refractivity contribution in [2.75, 3.05) is 4.90 Å². The summed E-state index contributed by atoms with van der Waals surface area (Å²) in [6.45, 7) is 4.63. The molecule has 1 heterocycles. The van der Waals surface area contributed by atoms with E-state index in [9.17, 15) is 0 Å². The van der Waals surface area contributed by atoms with E-state index in [2.05, 4.69) is 183 Å². The van der Waals surface area contributed by atoms with Crippen LogP contribution in [0.2, 0.25) is 0 Å². The predicted molar refractivity (Wildman–Crippen MR) is 197 cm³/mol. The second-order valence-corrected chi connectivity index (χ2v) is 13.0. The van der Waals surface area contributed by atoms with E-state index in [-0.39, 0.29) is 5.41 Å². The van der Waals surface area contributed by atoms with Gasteiger partial charge in [0.05, 0.1) is 11.1 Å². The zero-order chi connectivity index (χ0) is 31.5. The first kappa shape index (κ1) is 27.5. The van der Waals surface area contributed by atoms with Crippen LogP contribution in [0, 0.1) is 0 Å². The Bertz CT molecular complexity index is 2320. The smallest absolute Gasteiger partial charge is 0.137 e. The predicted octanol–water partition coefficient (Wildman–Crippen LogP) is 12.7. The zero-order valence-corrected chi connectivity index (χ0v) is 26.4. The van der Waals surface area contributed by atoms with Gasteiger partial charge in [-0.25, -0.2) is 0 Å². The first-order valence-electron chi connectivity index (χ1n) is 16.3. The molecule has 7 aromatic carbocycles. The van der Waals surface area contributed by atoms with Gasteiger partial charge >= 0.3 is 0 Å². The van der Waals surface area contributed by atoms with Gasteiger partial charge in [0.2, 0.25) is 0 Å². The van der Waals surface area contributed by atoms with E-state index < -0.39 is 0 Å². The summed E-state index contributed by atoms with van der Waals surface area (Å²) in [6, 6.07) is 58.8. The van der Waals surface area contributed by atoms with Crippen molar-refractivity contribution in [2.45, 2.75) is 19.3 Å². The lowest BCUT2D eigenvalue weighted by atomic mass is 9.82. The van der Waals surface area contributed by atoms with Crippen LogP contribution >= 0.6 is 0 Å². The largest absolute Gasteiger partial charge is 0.456 e. The molecule has 0 unspecified atom stereocenters. The quantitative estimate of drug-likeness (QED) is 0.195. The molecule has 224 valence electrons. The van der Waals surface area contributed by atoms with E-state index in [1.807, 2.05) is 0 Å². The highest BCUT2D eigenvalue weighted by Crippen LogP contribution is 2.52. The van der Waals surface area contributed by atoms with Crippen LogP contribution in [-0.2, 0) is 5.41 Å². The van der Waals surface area contributed by atoms with E-state index >= 15 is 0 Å². The number of hydrogen-bond donors (Lipinski definition) is 0. The Morgan fingerprint density at radius 2 is 1.00 bits per heavy atom. The second kappa shape index (κ2) is 10.6. The molecule has 2 nitrogen and oxygen atoms in total. The van der Waals surface area contributed by atoms with Crippen LogP contribution in [-0.4, -0.2) is 0 Å². The molecule has 2 heteroatoms. The molecule has 0 aliphatic heterocycles. The SMILES string of the molecule is CC1(C)c2ccccc2-c2cc3c(cc21)oc1cccc(N(c2ccc(-c4ccccc4)cc2)c2ccc(-c4ccccc4)cc2)c13. The third-order valence-corrected chi connectivity index (χ3v) is 9.88. The molecule has 1 aliphatic carbocycles. The normalized spacial score (nSPS) is 13.1. The lowest BCUT2D eigenvalue weighted by Crippen LogP contribution is -2.14. The van der Waals surface area contributed by atoms with Gasteiger partial charge in [-0.2, -0.15) is 0 Å². The van der Waals surface area contributed by atoms with Gasteiger partial charge in [0.15, 0.2) is 0 Å². The zero-order valence-electron chi connectivity index (χ0n) is 26.4. The van der Waals surface area contributed by atoms with Crippen molar-refractivity contribution in [2.24, 2.45) is 0 Å². The summed E-state index contributed by atoms with van der Waals surface area (Å²) >= 11 is 0. The Labute approximate surface area is 275 Å². The third-order valence-electron chi connectivity index (χ3n) is 9.88. The Morgan fingerprint density at radius 1 is 0.447 bits per heavy atom. The van der Waals surface area contributed by atoms with Crippen LogP contribution in [0.25, 0.3) is 55.3 Å². The summed E-state index contributed by atoms with van der Waals surface area (Å²) in [5.74, 6) is 0. The Kier molecular flexibility index (Phi) is 6.20. The molecule has 0 saturated carbocycles. The fourth-order valence-corrected chi connectivity index (χ4v) is 7.48. The topological polar surface area (TPSA) is 16.4 Å². The highest BCUT2D eigenvalue weighted by Gasteiger charge is 2.36. The molecule has 47 heavy (non-hydrogen) atoms. The molecular weight excluding hydrogens is 571 g/mol. The van der Waals surface area contributed by atoms with Crippen LogP contribution < -0.4 is 4.90 Å². The number of furan rings is 1. The van der Waals surface area contributed by atoms with Crippen LogP contribution in [0.15, 0.2) is 168 Å². The summed E-state index contributed by atoms with van der Waals surface area (Å²) in [6.07, 6.45) is 0. The highest BCUT2D eigenvalue weighted by molar-refractivity contribution is 6.15. The standard InChI is InChI=1S/C45H33NO/c1-45(2)39-17-10-9-16-36(39)37-28-38-43(29-40(37)45)47-42-19-11-18-41(44(38)42)46(34-24-20-32(21-25-34)30-12-5-3-6-13-30)35-26-22-33(23-27-35)31-14-7-4-8-15-31/h3-29H,1-2H3. The Hall–Kier alpha value is -5.86. The first-order chi connectivity index (χ1) is 23.1. The maximum absolute atomic E-state index is 6.66. The second-order valence-electron chi connectivity index (χ2n) is 13.0. The van der Waals surface area contributed by atoms with E-state index in [1.165, 1.54) is 44.5 Å². The molecule has 0 atom stereocenters. The first-order valence-corrected chi connectivity index (χ1v) is 16.3. The van der Waals surface area contributed by atoms with Gasteiger partial charge < -0.3 is 9.32 Å². The Balaban J connectivity index is 1.25. The van der Waals surface area contributed by atoms with Crippen molar-refractivity contribution in [1.82, 2.24) is 0 Å². The van der Waals surface area contributed by atoms with Gasteiger partial charge in [0.1, 0.15) is 11.2 Å². The molecule has 0 bridgehead atoms. The summed E-state index contributed by atoms with van der Waals surface area (Å²) < 4.78 is 6.66. The van der Waals surface area contributed by atoms with Crippen molar-refractivity contribution >= 4 is 39.0 Å². The number of hydrogen-bond acceptors (Lipinski definition) is 2. The van der Waals surface area contributed by atoms with Crippen LogP contribution in [0.3, 0.4) is 0 Å². The molecule has 0 N–H and O–H groups in total. The molecule has 0 spiro atoms. The molecule has 0 amide bonds. The van der Waals surface area contributed by atoms with Gasteiger partial charge in [-0.15, -0.1) is 0 Å². The van der Waals surface area contributed by atoms with Crippen molar-refractivity contribution in [1.29, 1.82) is 0 Å². The minimum Gasteiger partial charge on any atom is -0.456 e. The van der Waals surface area contributed by atoms with E-state index in [4.69, 9.17) is 4.42 Å². The van der Waals surface area contributed by atoms with Crippen LogP contribution in [0.1, 0.15) is 25.0 Å². The summed E-state index contributed by atoms with van der Waals surface area (Å²) in [4.78, 5) is 2.37. The maximum Gasteiger partial charge on any atom is 0.137 e. The Morgan fingerprint density at radius 3 is 1.62 bits per heavy atom. The molecule has 0 fully saturated rings. The number of fused-ring (bicyclic) bond motifs is 6. The average Bonchev–Trinajstić information content (AvgIpc) is 3.61. The summed E-state index contributed by atoms with van der Waals surface area (Å²) in [5, 5.41) is 2.25. The van der Waals surface area contributed by atoms with Crippen LogP contribution in [0.4, 0.5) is 17.1 Å². The van der Waals surface area contributed by atoms with Crippen LogP contribution in [0.5, 0.6) is 0 Å².